The predicted molar refractivity (Wildman–Crippen MR) is 71.0 cm³/mol. The minimum atomic E-state index is 0.272. The summed E-state index contributed by atoms with van der Waals surface area (Å²) < 4.78 is 0. The Morgan fingerprint density at radius 2 is 2.00 bits per heavy atom. The number of rotatable bonds is 6. The van der Waals surface area contributed by atoms with Crippen LogP contribution in [-0.2, 0) is 6.42 Å². The lowest BCUT2D eigenvalue weighted by molar-refractivity contribution is 0.0206. The smallest absolute Gasteiger partial charge is 0.0590 e. The lowest BCUT2D eigenvalue weighted by atomic mass is 9.91. The average Bonchev–Trinajstić information content (AvgIpc) is 2.32. The van der Waals surface area contributed by atoms with Gasteiger partial charge < -0.3 is 5.11 Å². The second kappa shape index (κ2) is 6.18. The van der Waals surface area contributed by atoms with Gasteiger partial charge in [-0.2, -0.15) is 0 Å². The first-order valence-electron chi connectivity index (χ1n) is 6.72. The molecule has 1 saturated heterocycles. The fraction of sp³-hybridized carbons (Fsp3) is 0.600. The molecule has 0 saturated carbocycles. The maximum absolute atomic E-state index is 9.50. The standard InChI is InChI=1S/C15H23NO/c1-2-6-14-10-16(11-14)15(12-17)9-13-7-4-3-5-8-13/h3-5,7-8,14-15,17H,2,6,9-12H2,1H3/t15-/m1/s1. The molecule has 1 aromatic rings. The zero-order valence-electron chi connectivity index (χ0n) is 10.7. The third-order valence-electron chi connectivity index (χ3n) is 3.72. The number of hydrogen-bond acceptors (Lipinski definition) is 2. The van der Waals surface area contributed by atoms with Crippen molar-refractivity contribution in [1.82, 2.24) is 4.90 Å². The lowest BCUT2D eigenvalue weighted by Crippen LogP contribution is -2.54. The molecule has 1 aliphatic heterocycles. The zero-order valence-corrected chi connectivity index (χ0v) is 10.7. The second-order valence-electron chi connectivity index (χ2n) is 5.13. The van der Waals surface area contributed by atoms with Gasteiger partial charge in [0.1, 0.15) is 0 Å². The minimum absolute atomic E-state index is 0.272. The number of nitrogens with zero attached hydrogens (tertiary/aromatic N) is 1. The minimum Gasteiger partial charge on any atom is -0.395 e. The van der Waals surface area contributed by atoms with Crippen molar-refractivity contribution in [1.29, 1.82) is 0 Å². The van der Waals surface area contributed by atoms with Crippen molar-refractivity contribution in [3.8, 4) is 0 Å². The van der Waals surface area contributed by atoms with Crippen molar-refractivity contribution >= 4 is 0 Å². The molecule has 0 radical (unpaired) electrons. The van der Waals surface area contributed by atoms with Crippen molar-refractivity contribution in [2.24, 2.45) is 5.92 Å². The van der Waals surface area contributed by atoms with Gasteiger partial charge in [0, 0.05) is 19.1 Å². The Morgan fingerprint density at radius 3 is 2.59 bits per heavy atom. The summed E-state index contributed by atoms with van der Waals surface area (Å²) in [5.41, 5.74) is 1.32. The highest BCUT2D eigenvalue weighted by Gasteiger charge is 2.31. The summed E-state index contributed by atoms with van der Waals surface area (Å²) in [5.74, 6) is 0.866. The molecular formula is C15H23NO. The Balaban J connectivity index is 1.82. The number of aliphatic hydroxyl groups excluding tert-OH is 1. The highest BCUT2D eigenvalue weighted by molar-refractivity contribution is 5.16. The van der Waals surface area contributed by atoms with Crippen LogP contribution in [0.2, 0.25) is 0 Å². The van der Waals surface area contributed by atoms with E-state index in [1.807, 2.05) is 6.07 Å². The van der Waals surface area contributed by atoms with Gasteiger partial charge in [-0.25, -0.2) is 0 Å². The molecule has 1 aliphatic rings. The second-order valence-corrected chi connectivity index (χ2v) is 5.13. The van der Waals surface area contributed by atoms with Crippen LogP contribution in [0.3, 0.4) is 0 Å². The van der Waals surface area contributed by atoms with Gasteiger partial charge in [-0.15, -0.1) is 0 Å². The normalized spacial score (nSPS) is 18.9. The van der Waals surface area contributed by atoms with E-state index in [9.17, 15) is 5.11 Å². The van der Waals surface area contributed by atoms with Crippen LogP contribution >= 0.6 is 0 Å². The van der Waals surface area contributed by atoms with Crippen LogP contribution in [0.1, 0.15) is 25.3 Å². The Labute approximate surface area is 104 Å². The third-order valence-corrected chi connectivity index (χ3v) is 3.72. The molecule has 2 heteroatoms. The summed E-state index contributed by atoms with van der Waals surface area (Å²) >= 11 is 0. The van der Waals surface area contributed by atoms with Crippen LogP contribution in [0.4, 0.5) is 0 Å². The van der Waals surface area contributed by atoms with E-state index in [-0.39, 0.29) is 6.61 Å². The molecule has 0 unspecified atom stereocenters. The quantitative estimate of drug-likeness (QED) is 0.815. The molecule has 1 aromatic carbocycles. The van der Waals surface area contributed by atoms with Crippen LogP contribution in [0.5, 0.6) is 0 Å². The molecule has 0 amide bonds. The molecule has 0 spiro atoms. The topological polar surface area (TPSA) is 23.5 Å². The fourth-order valence-corrected chi connectivity index (χ4v) is 2.69. The van der Waals surface area contributed by atoms with Crippen molar-refractivity contribution in [2.45, 2.75) is 32.2 Å². The highest BCUT2D eigenvalue weighted by Crippen LogP contribution is 2.24. The summed E-state index contributed by atoms with van der Waals surface area (Å²) in [6.45, 7) is 4.86. The van der Waals surface area contributed by atoms with Gasteiger partial charge in [-0.1, -0.05) is 43.7 Å². The molecule has 1 fully saturated rings. The summed E-state index contributed by atoms with van der Waals surface area (Å²) in [5, 5.41) is 9.50. The molecule has 1 atom stereocenters. The van der Waals surface area contributed by atoms with Crippen molar-refractivity contribution in [3.05, 3.63) is 35.9 Å². The Kier molecular flexibility index (Phi) is 4.57. The summed E-state index contributed by atoms with van der Waals surface area (Å²) in [4.78, 5) is 2.42. The maximum Gasteiger partial charge on any atom is 0.0590 e. The third kappa shape index (κ3) is 3.30. The van der Waals surface area contributed by atoms with Crippen LogP contribution in [0, 0.1) is 5.92 Å². The highest BCUT2D eigenvalue weighted by atomic mass is 16.3. The molecule has 17 heavy (non-hydrogen) atoms. The van der Waals surface area contributed by atoms with E-state index in [4.69, 9.17) is 0 Å². The zero-order chi connectivity index (χ0) is 12.1. The largest absolute Gasteiger partial charge is 0.395 e. The molecule has 0 aromatic heterocycles. The predicted octanol–water partition coefficient (Wildman–Crippen LogP) is 2.32. The van der Waals surface area contributed by atoms with Crippen LogP contribution in [-0.4, -0.2) is 35.7 Å². The number of likely N-dealkylation sites (tertiary alicyclic amines) is 1. The first kappa shape index (κ1) is 12.6. The Morgan fingerprint density at radius 1 is 1.29 bits per heavy atom. The van der Waals surface area contributed by atoms with Gasteiger partial charge in [0.25, 0.3) is 0 Å². The maximum atomic E-state index is 9.50. The molecule has 2 rings (SSSR count). The van der Waals surface area contributed by atoms with E-state index in [1.54, 1.807) is 0 Å². The summed E-state index contributed by atoms with van der Waals surface area (Å²) in [6, 6.07) is 10.8. The van der Waals surface area contributed by atoms with Crippen molar-refractivity contribution < 1.29 is 5.11 Å². The molecule has 1 N–H and O–H groups in total. The van der Waals surface area contributed by atoms with Gasteiger partial charge in [0.05, 0.1) is 6.61 Å². The summed E-state index contributed by atoms with van der Waals surface area (Å²) in [7, 11) is 0. The van der Waals surface area contributed by atoms with Gasteiger partial charge in [-0.05, 0) is 24.3 Å². The SMILES string of the molecule is CCCC1CN([C@@H](CO)Cc2ccccc2)C1. The fourth-order valence-electron chi connectivity index (χ4n) is 2.69. The van der Waals surface area contributed by atoms with E-state index in [0.717, 1.165) is 12.3 Å². The molecular weight excluding hydrogens is 210 g/mol. The number of hydrogen-bond donors (Lipinski definition) is 1. The van der Waals surface area contributed by atoms with Gasteiger partial charge in [0.15, 0.2) is 0 Å². The monoisotopic (exact) mass is 233 g/mol. The van der Waals surface area contributed by atoms with Crippen LogP contribution < -0.4 is 0 Å². The van der Waals surface area contributed by atoms with E-state index < -0.39 is 0 Å². The number of benzene rings is 1. The molecule has 94 valence electrons. The molecule has 1 heterocycles. The lowest BCUT2D eigenvalue weighted by Gasteiger charge is -2.44. The molecule has 2 nitrogen and oxygen atoms in total. The van der Waals surface area contributed by atoms with E-state index >= 15 is 0 Å². The Bertz CT molecular complexity index is 319. The van der Waals surface area contributed by atoms with Gasteiger partial charge in [-0.3, -0.25) is 4.90 Å². The van der Waals surface area contributed by atoms with Crippen LogP contribution in [0.25, 0.3) is 0 Å². The van der Waals surface area contributed by atoms with E-state index in [1.165, 1.54) is 31.5 Å². The first-order chi connectivity index (χ1) is 8.33. The molecule has 0 bridgehead atoms. The van der Waals surface area contributed by atoms with E-state index in [2.05, 4.69) is 36.1 Å². The number of aliphatic hydroxyl groups is 1. The average molecular weight is 233 g/mol. The van der Waals surface area contributed by atoms with Gasteiger partial charge >= 0.3 is 0 Å². The first-order valence-corrected chi connectivity index (χ1v) is 6.72. The van der Waals surface area contributed by atoms with E-state index in [0.29, 0.717) is 6.04 Å². The molecule has 0 aliphatic carbocycles. The van der Waals surface area contributed by atoms with Crippen LogP contribution in [0.15, 0.2) is 30.3 Å². The summed E-state index contributed by atoms with van der Waals surface area (Å²) in [6.07, 6.45) is 3.58. The van der Waals surface area contributed by atoms with Gasteiger partial charge in [0.2, 0.25) is 0 Å². The van der Waals surface area contributed by atoms with Crippen molar-refractivity contribution in [3.63, 3.8) is 0 Å². The van der Waals surface area contributed by atoms with Crippen molar-refractivity contribution in [2.75, 3.05) is 19.7 Å². The Hall–Kier alpha value is -0.860.